The highest BCUT2D eigenvalue weighted by Crippen LogP contribution is 2.42. The summed E-state index contributed by atoms with van der Waals surface area (Å²) in [6.07, 6.45) is 1.07. The molecule has 8 nitrogen and oxygen atoms in total. The number of ether oxygens (including phenoxy) is 4. The van der Waals surface area contributed by atoms with Gasteiger partial charge in [-0.1, -0.05) is 84.9 Å². The standard InChI is InChI=1S/C38H40BrN3O5/c1-44-34-25-31(24-32(39)37(34)45-2)38-41-35(29-10-5-3-6-11-29)36(30-12-7-4-8-13-30)42(38)26-27-15-17-28(18-16-27)33(43)14-9-20-46-22-23-47-21-19-40/h3-8,10-13,15-18,24-25H,9,14,19-23,26,40H2,1-2H3. The van der Waals surface area contributed by atoms with E-state index in [1.807, 2.05) is 72.8 Å². The fourth-order valence-corrected chi connectivity index (χ4v) is 6.03. The number of imidazole rings is 1. The molecule has 0 amide bonds. The van der Waals surface area contributed by atoms with E-state index in [-0.39, 0.29) is 5.78 Å². The van der Waals surface area contributed by atoms with Gasteiger partial charge in [-0.05, 0) is 40.0 Å². The summed E-state index contributed by atoms with van der Waals surface area (Å²) in [7, 11) is 3.25. The van der Waals surface area contributed by atoms with Gasteiger partial charge >= 0.3 is 0 Å². The van der Waals surface area contributed by atoms with Gasteiger partial charge in [0, 0.05) is 48.4 Å². The van der Waals surface area contributed by atoms with Crippen LogP contribution in [0.25, 0.3) is 33.9 Å². The molecule has 0 aliphatic heterocycles. The van der Waals surface area contributed by atoms with Crippen molar-refractivity contribution in [3.63, 3.8) is 0 Å². The van der Waals surface area contributed by atoms with Crippen molar-refractivity contribution in [2.75, 3.05) is 47.2 Å². The number of methoxy groups -OCH3 is 2. The average molecular weight is 699 g/mol. The summed E-state index contributed by atoms with van der Waals surface area (Å²) in [5.41, 5.74) is 11.9. The zero-order valence-corrected chi connectivity index (χ0v) is 28.4. The molecule has 9 heteroatoms. The average Bonchev–Trinajstić information content (AvgIpc) is 3.49. The fraction of sp³-hybridized carbons (Fsp3) is 0.263. The molecule has 0 aliphatic carbocycles. The van der Waals surface area contributed by atoms with Crippen molar-refractivity contribution in [1.82, 2.24) is 9.55 Å². The summed E-state index contributed by atoms with van der Waals surface area (Å²) in [6.45, 7) is 3.06. The van der Waals surface area contributed by atoms with Crippen LogP contribution in [0.4, 0.5) is 0 Å². The van der Waals surface area contributed by atoms with Crippen LogP contribution in [0, 0.1) is 0 Å². The van der Waals surface area contributed by atoms with Crippen LogP contribution in [0.2, 0.25) is 0 Å². The Bertz CT molecular complexity index is 1740. The normalized spacial score (nSPS) is 11.1. The Morgan fingerprint density at radius 2 is 1.45 bits per heavy atom. The molecule has 0 bridgehead atoms. The number of ketones is 1. The third-order valence-electron chi connectivity index (χ3n) is 7.70. The van der Waals surface area contributed by atoms with Gasteiger partial charge in [-0.2, -0.15) is 0 Å². The Labute approximate surface area is 284 Å². The minimum absolute atomic E-state index is 0.0920. The predicted molar refractivity (Wildman–Crippen MR) is 189 cm³/mol. The van der Waals surface area contributed by atoms with Crippen molar-refractivity contribution in [1.29, 1.82) is 0 Å². The summed E-state index contributed by atoms with van der Waals surface area (Å²) >= 11 is 3.67. The second-order valence-electron chi connectivity index (χ2n) is 10.9. The number of hydrogen-bond acceptors (Lipinski definition) is 7. The Hall–Kier alpha value is -4.28. The van der Waals surface area contributed by atoms with Crippen LogP contribution in [0.1, 0.15) is 28.8 Å². The van der Waals surface area contributed by atoms with Crippen molar-refractivity contribution in [2.24, 2.45) is 5.73 Å². The van der Waals surface area contributed by atoms with E-state index in [0.29, 0.717) is 69.4 Å². The van der Waals surface area contributed by atoms with E-state index in [1.165, 1.54) is 0 Å². The molecule has 0 atom stereocenters. The first-order valence-electron chi connectivity index (χ1n) is 15.6. The number of Topliss-reactive ketones (excluding diaryl/α,β-unsaturated/α-hetero) is 1. The Morgan fingerprint density at radius 1 is 0.787 bits per heavy atom. The van der Waals surface area contributed by atoms with Crippen molar-refractivity contribution in [3.05, 3.63) is 113 Å². The number of halogens is 1. The summed E-state index contributed by atoms with van der Waals surface area (Å²) in [4.78, 5) is 18.2. The number of carbonyl (C=O) groups excluding carboxylic acids is 1. The molecule has 0 saturated carbocycles. The van der Waals surface area contributed by atoms with Gasteiger partial charge in [-0.25, -0.2) is 4.98 Å². The van der Waals surface area contributed by atoms with Gasteiger partial charge in [0.05, 0.1) is 49.9 Å². The monoisotopic (exact) mass is 697 g/mol. The second-order valence-corrected chi connectivity index (χ2v) is 11.7. The fourth-order valence-electron chi connectivity index (χ4n) is 5.42. The number of hydrogen-bond donors (Lipinski definition) is 1. The van der Waals surface area contributed by atoms with E-state index in [0.717, 1.165) is 43.9 Å². The van der Waals surface area contributed by atoms with Crippen molar-refractivity contribution in [3.8, 4) is 45.4 Å². The Balaban J connectivity index is 1.47. The van der Waals surface area contributed by atoms with Gasteiger partial charge in [0.25, 0.3) is 0 Å². The van der Waals surface area contributed by atoms with Crippen molar-refractivity contribution in [2.45, 2.75) is 19.4 Å². The van der Waals surface area contributed by atoms with Gasteiger partial charge in [0.1, 0.15) is 5.82 Å². The number of rotatable bonds is 17. The topological polar surface area (TPSA) is 97.8 Å². The van der Waals surface area contributed by atoms with Gasteiger partial charge in [-0.15, -0.1) is 0 Å². The van der Waals surface area contributed by atoms with Crippen LogP contribution in [0.3, 0.4) is 0 Å². The molecule has 47 heavy (non-hydrogen) atoms. The largest absolute Gasteiger partial charge is 0.493 e. The highest BCUT2D eigenvalue weighted by Gasteiger charge is 2.23. The molecule has 0 unspecified atom stereocenters. The smallest absolute Gasteiger partial charge is 0.174 e. The highest BCUT2D eigenvalue weighted by atomic mass is 79.9. The zero-order valence-electron chi connectivity index (χ0n) is 26.8. The molecule has 244 valence electrons. The lowest BCUT2D eigenvalue weighted by Gasteiger charge is -2.16. The first kappa shape index (κ1) is 34.1. The molecular weight excluding hydrogens is 658 g/mol. The third-order valence-corrected chi connectivity index (χ3v) is 8.29. The number of nitrogens with two attached hydrogens (primary N) is 1. The van der Waals surface area contributed by atoms with E-state index in [9.17, 15) is 4.79 Å². The molecule has 0 radical (unpaired) electrons. The lowest BCUT2D eigenvalue weighted by atomic mass is 10.0. The van der Waals surface area contributed by atoms with E-state index in [1.54, 1.807) is 14.2 Å². The van der Waals surface area contributed by atoms with Crippen LogP contribution in [-0.2, 0) is 16.0 Å². The van der Waals surface area contributed by atoms with Gasteiger partial charge in [0.2, 0.25) is 0 Å². The summed E-state index contributed by atoms with van der Waals surface area (Å²) in [6, 6.07) is 32.3. The molecule has 1 aromatic heterocycles. The molecule has 1 heterocycles. The lowest BCUT2D eigenvalue weighted by Crippen LogP contribution is -2.12. The van der Waals surface area contributed by atoms with E-state index in [4.69, 9.17) is 29.7 Å². The minimum atomic E-state index is 0.0920. The van der Waals surface area contributed by atoms with Gasteiger partial charge in [-0.3, -0.25) is 4.79 Å². The summed E-state index contributed by atoms with van der Waals surface area (Å²) in [5, 5.41) is 0. The number of carbonyl (C=O) groups is 1. The molecule has 2 N–H and O–H groups in total. The number of aromatic nitrogens is 2. The zero-order chi connectivity index (χ0) is 33.0. The third kappa shape index (κ3) is 8.55. The first-order valence-corrected chi connectivity index (χ1v) is 16.4. The van der Waals surface area contributed by atoms with E-state index in [2.05, 4.69) is 44.8 Å². The van der Waals surface area contributed by atoms with Crippen molar-refractivity contribution >= 4 is 21.7 Å². The molecule has 0 aliphatic rings. The SMILES string of the molecule is COc1cc(-c2nc(-c3ccccc3)c(-c3ccccc3)n2Cc2ccc(C(=O)CCCOCCOCCN)cc2)cc(Br)c1OC. The molecule has 0 saturated heterocycles. The Kier molecular flexibility index (Phi) is 12.3. The van der Waals surface area contributed by atoms with Crippen LogP contribution in [-0.4, -0.2) is 62.5 Å². The molecule has 4 aromatic carbocycles. The van der Waals surface area contributed by atoms with Crippen molar-refractivity contribution < 1.29 is 23.7 Å². The Morgan fingerprint density at radius 3 is 2.09 bits per heavy atom. The summed E-state index contributed by atoms with van der Waals surface area (Å²) < 4.78 is 25.2. The van der Waals surface area contributed by atoms with Gasteiger partial charge in [0.15, 0.2) is 17.3 Å². The maximum Gasteiger partial charge on any atom is 0.174 e. The first-order chi connectivity index (χ1) is 23.0. The van der Waals surface area contributed by atoms with Gasteiger partial charge < -0.3 is 29.2 Å². The van der Waals surface area contributed by atoms with Crippen LogP contribution in [0.5, 0.6) is 11.5 Å². The highest BCUT2D eigenvalue weighted by molar-refractivity contribution is 9.10. The molecule has 0 fully saturated rings. The minimum Gasteiger partial charge on any atom is -0.493 e. The van der Waals surface area contributed by atoms with E-state index >= 15 is 0 Å². The quantitative estimate of drug-likeness (QED) is 0.0787. The predicted octanol–water partition coefficient (Wildman–Crippen LogP) is 7.67. The molecular formula is C38H40BrN3O5. The maximum absolute atomic E-state index is 12.9. The number of nitrogens with zero attached hydrogens (tertiary/aromatic N) is 2. The molecule has 5 aromatic rings. The molecule has 0 spiro atoms. The van der Waals surface area contributed by atoms with Crippen LogP contribution >= 0.6 is 15.9 Å². The van der Waals surface area contributed by atoms with E-state index < -0.39 is 0 Å². The van der Waals surface area contributed by atoms with Crippen LogP contribution < -0.4 is 15.2 Å². The maximum atomic E-state index is 12.9. The molecule has 5 rings (SSSR count). The number of benzene rings is 4. The summed E-state index contributed by atoms with van der Waals surface area (Å²) in [5.74, 6) is 2.08. The van der Waals surface area contributed by atoms with Crippen LogP contribution in [0.15, 0.2) is 102 Å². The lowest BCUT2D eigenvalue weighted by molar-refractivity contribution is 0.0489. The second kappa shape index (κ2) is 17.0.